The van der Waals surface area contributed by atoms with Crippen molar-refractivity contribution in [2.45, 2.75) is 39.2 Å². The van der Waals surface area contributed by atoms with Gasteiger partial charge in [0.25, 0.3) is 0 Å². The summed E-state index contributed by atoms with van der Waals surface area (Å²) in [4.78, 5) is 19.8. The topological polar surface area (TPSA) is 47.4 Å². The standard InChI is InChI=1S/C28H29N3O2/c1-3-21-11-13-23(14-12-21)31-19-22(18-27(31)32)28-29-25-9-4-5-10-26(25)30(28)15-16-33-24-8-6-7-20(2)17-24/h4-14,17,22H,3,15-16,18-19H2,1-2H3. The lowest BCUT2D eigenvalue weighted by atomic mass is 10.1. The Hall–Kier alpha value is -3.60. The van der Waals surface area contributed by atoms with Gasteiger partial charge in [0.05, 0.1) is 17.6 Å². The third kappa shape index (κ3) is 4.36. The normalized spacial score (nSPS) is 16.0. The van der Waals surface area contributed by atoms with Crippen LogP contribution in [-0.2, 0) is 17.8 Å². The lowest BCUT2D eigenvalue weighted by Gasteiger charge is -2.18. The van der Waals surface area contributed by atoms with E-state index in [1.165, 1.54) is 11.1 Å². The number of benzene rings is 3. The van der Waals surface area contributed by atoms with Crippen molar-refractivity contribution in [2.75, 3.05) is 18.1 Å². The molecule has 5 heteroatoms. The summed E-state index contributed by atoms with van der Waals surface area (Å²) in [7, 11) is 0. The van der Waals surface area contributed by atoms with E-state index in [0.717, 1.165) is 34.7 Å². The van der Waals surface area contributed by atoms with Crippen LogP contribution < -0.4 is 9.64 Å². The summed E-state index contributed by atoms with van der Waals surface area (Å²) in [6.45, 7) is 6.07. The van der Waals surface area contributed by atoms with E-state index in [1.54, 1.807) is 0 Å². The fourth-order valence-electron chi connectivity index (χ4n) is 4.64. The van der Waals surface area contributed by atoms with E-state index in [2.05, 4.69) is 54.8 Å². The summed E-state index contributed by atoms with van der Waals surface area (Å²) in [5.41, 5.74) is 5.46. The zero-order chi connectivity index (χ0) is 22.8. The summed E-state index contributed by atoms with van der Waals surface area (Å²) in [5, 5.41) is 0. The van der Waals surface area contributed by atoms with E-state index in [-0.39, 0.29) is 11.8 Å². The molecule has 1 unspecified atom stereocenters. The van der Waals surface area contributed by atoms with Crippen LogP contribution in [0.4, 0.5) is 5.69 Å². The summed E-state index contributed by atoms with van der Waals surface area (Å²) in [5.74, 6) is 2.04. The molecule has 0 aliphatic carbocycles. The molecule has 1 atom stereocenters. The Kier molecular flexibility index (Phi) is 5.86. The Morgan fingerprint density at radius 1 is 1.03 bits per heavy atom. The number of fused-ring (bicyclic) bond motifs is 1. The average molecular weight is 440 g/mol. The van der Waals surface area contributed by atoms with Gasteiger partial charge < -0.3 is 14.2 Å². The van der Waals surface area contributed by atoms with Gasteiger partial charge in [0.1, 0.15) is 18.2 Å². The Morgan fingerprint density at radius 2 is 1.85 bits per heavy atom. The minimum absolute atomic E-state index is 0.0507. The molecule has 1 saturated heterocycles. The number of aromatic nitrogens is 2. The molecule has 0 radical (unpaired) electrons. The second kappa shape index (κ2) is 9.10. The van der Waals surface area contributed by atoms with Crippen LogP contribution >= 0.6 is 0 Å². The summed E-state index contributed by atoms with van der Waals surface area (Å²) >= 11 is 0. The number of anilines is 1. The van der Waals surface area contributed by atoms with E-state index >= 15 is 0 Å². The van der Waals surface area contributed by atoms with E-state index < -0.39 is 0 Å². The largest absolute Gasteiger partial charge is 0.492 e. The second-order valence-corrected chi connectivity index (χ2v) is 8.70. The van der Waals surface area contributed by atoms with Crippen molar-refractivity contribution in [3.8, 4) is 5.75 Å². The van der Waals surface area contributed by atoms with Crippen molar-refractivity contribution in [1.82, 2.24) is 9.55 Å². The third-order valence-corrected chi connectivity index (χ3v) is 6.40. The lowest BCUT2D eigenvalue weighted by molar-refractivity contribution is -0.117. The number of aryl methyl sites for hydroxylation is 2. The van der Waals surface area contributed by atoms with Crippen molar-refractivity contribution in [3.63, 3.8) is 0 Å². The van der Waals surface area contributed by atoms with Crippen molar-refractivity contribution < 1.29 is 9.53 Å². The predicted octanol–water partition coefficient (Wildman–Crippen LogP) is 5.51. The minimum atomic E-state index is 0.0507. The first-order valence-electron chi connectivity index (χ1n) is 11.7. The second-order valence-electron chi connectivity index (χ2n) is 8.70. The molecule has 0 spiro atoms. The van der Waals surface area contributed by atoms with Gasteiger partial charge >= 0.3 is 0 Å². The maximum Gasteiger partial charge on any atom is 0.227 e. The zero-order valence-electron chi connectivity index (χ0n) is 19.2. The molecular formula is C28H29N3O2. The lowest BCUT2D eigenvalue weighted by Crippen LogP contribution is -2.24. The van der Waals surface area contributed by atoms with Crippen molar-refractivity contribution in [1.29, 1.82) is 0 Å². The Labute approximate surface area is 194 Å². The van der Waals surface area contributed by atoms with Crippen LogP contribution in [0.1, 0.15) is 36.2 Å². The monoisotopic (exact) mass is 439 g/mol. The first kappa shape index (κ1) is 21.3. The van der Waals surface area contributed by atoms with Gasteiger partial charge in [-0.15, -0.1) is 0 Å². The predicted molar refractivity (Wildman–Crippen MR) is 132 cm³/mol. The summed E-state index contributed by atoms with van der Waals surface area (Å²) in [6.07, 6.45) is 1.46. The molecule has 1 aliphatic heterocycles. The number of carbonyl (C=O) groups is 1. The average Bonchev–Trinajstić information content (AvgIpc) is 3.40. The van der Waals surface area contributed by atoms with Crippen LogP contribution in [0.3, 0.4) is 0 Å². The third-order valence-electron chi connectivity index (χ3n) is 6.40. The maximum absolute atomic E-state index is 12.9. The quantitative estimate of drug-likeness (QED) is 0.382. The van der Waals surface area contributed by atoms with Crippen LogP contribution in [0, 0.1) is 6.92 Å². The molecule has 1 aromatic heterocycles. The minimum Gasteiger partial charge on any atom is -0.492 e. The Bertz CT molecular complexity index is 1280. The molecule has 0 saturated carbocycles. The SMILES string of the molecule is CCc1ccc(N2CC(c3nc4ccccc4n3CCOc3cccc(C)c3)CC2=O)cc1. The molecule has 0 N–H and O–H groups in total. The van der Waals surface area contributed by atoms with E-state index in [1.807, 2.05) is 41.3 Å². The molecule has 1 aliphatic rings. The van der Waals surface area contributed by atoms with Crippen LogP contribution in [0.15, 0.2) is 72.8 Å². The number of carbonyl (C=O) groups excluding carboxylic acids is 1. The molecule has 4 aromatic rings. The number of hydrogen-bond donors (Lipinski definition) is 0. The smallest absolute Gasteiger partial charge is 0.227 e. The van der Waals surface area contributed by atoms with Gasteiger partial charge in [0.2, 0.25) is 5.91 Å². The zero-order valence-corrected chi connectivity index (χ0v) is 19.2. The summed E-state index contributed by atoms with van der Waals surface area (Å²) in [6, 6.07) is 24.6. The van der Waals surface area contributed by atoms with Crippen LogP contribution in [-0.4, -0.2) is 28.6 Å². The first-order valence-corrected chi connectivity index (χ1v) is 11.7. The molecule has 5 rings (SSSR count). The number of nitrogens with zero attached hydrogens (tertiary/aromatic N) is 3. The highest BCUT2D eigenvalue weighted by Crippen LogP contribution is 2.33. The Balaban J connectivity index is 1.39. The van der Waals surface area contributed by atoms with Crippen LogP contribution in [0.25, 0.3) is 11.0 Å². The van der Waals surface area contributed by atoms with E-state index in [9.17, 15) is 4.79 Å². The number of amides is 1. The van der Waals surface area contributed by atoms with Crippen molar-refractivity contribution in [2.24, 2.45) is 0 Å². The number of rotatable bonds is 7. The molecule has 2 heterocycles. The van der Waals surface area contributed by atoms with Crippen LogP contribution in [0.5, 0.6) is 5.75 Å². The molecule has 5 nitrogen and oxygen atoms in total. The highest BCUT2D eigenvalue weighted by Gasteiger charge is 2.34. The summed E-state index contributed by atoms with van der Waals surface area (Å²) < 4.78 is 8.26. The van der Waals surface area contributed by atoms with Crippen LogP contribution in [0.2, 0.25) is 0 Å². The van der Waals surface area contributed by atoms with Gasteiger partial charge in [-0.05, 0) is 60.9 Å². The molecule has 168 valence electrons. The van der Waals surface area contributed by atoms with Gasteiger partial charge in [-0.2, -0.15) is 0 Å². The van der Waals surface area contributed by atoms with E-state index in [4.69, 9.17) is 9.72 Å². The first-order chi connectivity index (χ1) is 16.1. The molecule has 3 aromatic carbocycles. The highest BCUT2D eigenvalue weighted by atomic mass is 16.5. The fraction of sp³-hybridized carbons (Fsp3) is 0.286. The molecule has 33 heavy (non-hydrogen) atoms. The molecule has 0 bridgehead atoms. The van der Waals surface area contributed by atoms with Gasteiger partial charge in [0.15, 0.2) is 0 Å². The molecular weight excluding hydrogens is 410 g/mol. The number of hydrogen-bond acceptors (Lipinski definition) is 3. The van der Waals surface area contributed by atoms with Crippen molar-refractivity contribution >= 4 is 22.6 Å². The van der Waals surface area contributed by atoms with Gasteiger partial charge in [-0.1, -0.05) is 43.3 Å². The van der Waals surface area contributed by atoms with Gasteiger partial charge in [-0.3, -0.25) is 4.79 Å². The highest BCUT2D eigenvalue weighted by molar-refractivity contribution is 5.96. The van der Waals surface area contributed by atoms with Crippen molar-refractivity contribution in [3.05, 3.63) is 89.7 Å². The van der Waals surface area contributed by atoms with E-state index in [0.29, 0.717) is 26.1 Å². The maximum atomic E-state index is 12.9. The fourth-order valence-corrected chi connectivity index (χ4v) is 4.64. The number of ether oxygens (including phenoxy) is 1. The van der Waals surface area contributed by atoms with Gasteiger partial charge in [-0.25, -0.2) is 4.98 Å². The molecule has 1 amide bonds. The Morgan fingerprint density at radius 3 is 2.64 bits per heavy atom. The number of imidazole rings is 1. The number of para-hydroxylation sites is 2. The molecule has 1 fully saturated rings. The van der Waals surface area contributed by atoms with Gasteiger partial charge in [0, 0.05) is 24.6 Å².